The molecule has 0 aromatic heterocycles. The number of halogens is 1. The molecule has 0 aliphatic carbocycles. The molecule has 172 valence electrons. The van der Waals surface area contributed by atoms with Gasteiger partial charge in [-0.1, -0.05) is 48.0 Å². The van der Waals surface area contributed by atoms with Crippen molar-refractivity contribution in [2.75, 3.05) is 29.8 Å². The molecule has 3 aromatic rings. The molecule has 0 heterocycles. The maximum absolute atomic E-state index is 13.4. The van der Waals surface area contributed by atoms with Gasteiger partial charge in [0, 0.05) is 24.8 Å². The minimum Gasteiger partial charge on any atom is -0.378 e. The van der Waals surface area contributed by atoms with E-state index in [1.807, 2.05) is 43.3 Å². The van der Waals surface area contributed by atoms with Crippen LogP contribution in [0.3, 0.4) is 0 Å². The van der Waals surface area contributed by atoms with E-state index in [-0.39, 0.29) is 4.90 Å². The van der Waals surface area contributed by atoms with Gasteiger partial charge in [0.2, 0.25) is 0 Å². The van der Waals surface area contributed by atoms with Gasteiger partial charge in [-0.25, -0.2) is 13.8 Å². The maximum atomic E-state index is 13.4. The molecule has 0 bridgehead atoms. The second-order valence-corrected chi connectivity index (χ2v) is 9.83. The first-order valence-corrected chi connectivity index (χ1v) is 11.9. The van der Waals surface area contributed by atoms with Gasteiger partial charge in [0.05, 0.1) is 16.8 Å². The van der Waals surface area contributed by atoms with Gasteiger partial charge in [0.1, 0.15) is 6.54 Å². The summed E-state index contributed by atoms with van der Waals surface area (Å²) in [5, 5.41) is 4.34. The molecule has 0 spiro atoms. The molecule has 0 unspecified atom stereocenters. The summed E-state index contributed by atoms with van der Waals surface area (Å²) < 4.78 is 27.8. The Morgan fingerprint density at radius 1 is 1.03 bits per heavy atom. The number of hydrazone groups is 1. The summed E-state index contributed by atoms with van der Waals surface area (Å²) in [6.07, 6.45) is 1.50. The summed E-state index contributed by atoms with van der Waals surface area (Å²) in [6.45, 7) is 1.29. The average Bonchev–Trinajstić information content (AvgIpc) is 2.80. The minimum absolute atomic E-state index is 0.0710. The van der Waals surface area contributed by atoms with E-state index in [4.69, 9.17) is 11.6 Å². The number of rotatable bonds is 8. The molecular formula is C24H25ClN4O3S. The largest absolute Gasteiger partial charge is 0.378 e. The third-order valence-corrected chi connectivity index (χ3v) is 6.88. The molecule has 9 heteroatoms. The Morgan fingerprint density at radius 3 is 2.33 bits per heavy atom. The molecule has 33 heavy (non-hydrogen) atoms. The molecule has 1 N–H and O–H groups in total. The molecule has 0 fully saturated rings. The molecule has 0 atom stereocenters. The predicted molar refractivity (Wildman–Crippen MR) is 134 cm³/mol. The van der Waals surface area contributed by atoms with Crippen LogP contribution in [0.25, 0.3) is 0 Å². The number of hydrogen-bond acceptors (Lipinski definition) is 5. The monoisotopic (exact) mass is 484 g/mol. The second-order valence-electron chi connectivity index (χ2n) is 7.53. The molecule has 0 aliphatic heterocycles. The van der Waals surface area contributed by atoms with Crippen molar-refractivity contribution >= 4 is 45.1 Å². The Hall–Kier alpha value is -3.36. The number of nitrogens with one attached hydrogen (secondary N) is 1. The standard InChI is InChI=1S/C24H25ClN4O3S/c1-18-9-12-20(25)15-23(18)29(33(31,32)22-7-5-4-6-8-22)17-24(30)27-26-16-19-10-13-21(14-11-19)28(2)3/h4-16H,17H2,1-3H3,(H,27,30)/b26-16-. The fourth-order valence-corrected chi connectivity index (χ4v) is 4.74. The van der Waals surface area contributed by atoms with E-state index in [1.165, 1.54) is 24.4 Å². The highest BCUT2D eigenvalue weighted by Crippen LogP contribution is 2.29. The van der Waals surface area contributed by atoms with Crippen molar-refractivity contribution in [3.63, 3.8) is 0 Å². The van der Waals surface area contributed by atoms with Crippen molar-refractivity contribution in [3.05, 3.63) is 88.9 Å². The third kappa shape index (κ3) is 6.12. The topological polar surface area (TPSA) is 82.1 Å². The van der Waals surface area contributed by atoms with Gasteiger partial charge in [0.15, 0.2) is 0 Å². The van der Waals surface area contributed by atoms with E-state index < -0.39 is 22.5 Å². The van der Waals surface area contributed by atoms with Crippen molar-refractivity contribution in [3.8, 4) is 0 Å². The van der Waals surface area contributed by atoms with Gasteiger partial charge >= 0.3 is 0 Å². The van der Waals surface area contributed by atoms with Crippen LogP contribution < -0.4 is 14.6 Å². The second kappa shape index (κ2) is 10.5. The Morgan fingerprint density at radius 2 is 1.70 bits per heavy atom. The van der Waals surface area contributed by atoms with Gasteiger partial charge in [0.25, 0.3) is 15.9 Å². The summed E-state index contributed by atoms with van der Waals surface area (Å²) >= 11 is 6.13. The van der Waals surface area contributed by atoms with Gasteiger partial charge in [-0.2, -0.15) is 5.10 Å². The fourth-order valence-electron chi connectivity index (χ4n) is 3.07. The first-order valence-electron chi connectivity index (χ1n) is 10.1. The van der Waals surface area contributed by atoms with Crippen LogP contribution >= 0.6 is 11.6 Å². The van der Waals surface area contributed by atoms with Gasteiger partial charge in [-0.15, -0.1) is 0 Å². The lowest BCUT2D eigenvalue weighted by Crippen LogP contribution is -2.40. The number of aryl methyl sites for hydroxylation is 1. The lowest BCUT2D eigenvalue weighted by Gasteiger charge is -2.25. The zero-order valence-electron chi connectivity index (χ0n) is 18.6. The Labute approximate surface area is 199 Å². The SMILES string of the molecule is Cc1ccc(Cl)cc1N(CC(=O)N/N=C\c1ccc(N(C)C)cc1)S(=O)(=O)c1ccccc1. The average molecular weight is 485 g/mol. The number of hydrogen-bond donors (Lipinski definition) is 1. The number of sulfonamides is 1. The summed E-state index contributed by atoms with van der Waals surface area (Å²) in [5.41, 5.74) is 5.22. The lowest BCUT2D eigenvalue weighted by atomic mass is 10.2. The Kier molecular flexibility index (Phi) is 7.73. The number of amides is 1. The molecule has 3 aromatic carbocycles. The molecule has 0 saturated heterocycles. The highest BCUT2D eigenvalue weighted by atomic mass is 35.5. The van der Waals surface area contributed by atoms with E-state index in [1.54, 1.807) is 37.3 Å². The van der Waals surface area contributed by atoms with E-state index >= 15 is 0 Å². The molecule has 3 rings (SSSR count). The Bertz CT molecular complexity index is 1240. The quantitative estimate of drug-likeness (QED) is 0.386. The lowest BCUT2D eigenvalue weighted by molar-refractivity contribution is -0.119. The number of nitrogens with zero attached hydrogens (tertiary/aromatic N) is 3. The van der Waals surface area contributed by atoms with Crippen LogP contribution in [0.5, 0.6) is 0 Å². The molecule has 0 radical (unpaired) electrons. The number of anilines is 2. The Balaban J connectivity index is 1.83. The van der Waals surface area contributed by atoms with Gasteiger partial charge in [-0.3, -0.25) is 9.10 Å². The van der Waals surface area contributed by atoms with Gasteiger partial charge < -0.3 is 4.90 Å². The number of carbonyl (C=O) groups is 1. The molecule has 0 saturated carbocycles. The smallest absolute Gasteiger partial charge is 0.264 e. The van der Waals surface area contributed by atoms with E-state index in [2.05, 4.69) is 10.5 Å². The van der Waals surface area contributed by atoms with Crippen LogP contribution in [-0.2, 0) is 14.8 Å². The van der Waals surface area contributed by atoms with Crippen molar-refractivity contribution in [1.82, 2.24) is 5.43 Å². The predicted octanol–water partition coefficient (Wildman–Crippen LogP) is 4.06. The van der Waals surface area contributed by atoms with E-state index in [0.717, 1.165) is 15.6 Å². The van der Waals surface area contributed by atoms with Crippen molar-refractivity contribution in [2.24, 2.45) is 5.10 Å². The molecular weight excluding hydrogens is 460 g/mol. The van der Waals surface area contributed by atoms with E-state index in [0.29, 0.717) is 16.3 Å². The molecule has 0 aliphatic rings. The fraction of sp³-hybridized carbons (Fsp3) is 0.167. The summed E-state index contributed by atoms with van der Waals surface area (Å²) in [4.78, 5) is 14.7. The van der Waals surface area contributed by atoms with Crippen LogP contribution in [0.15, 0.2) is 82.8 Å². The highest BCUT2D eigenvalue weighted by Gasteiger charge is 2.28. The first kappa shape index (κ1) is 24.3. The van der Waals surface area contributed by atoms with Crippen LogP contribution in [0.1, 0.15) is 11.1 Å². The first-order chi connectivity index (χ1) is 15.7. The minimum atomic E-state index is -4.02. The summed E-state index contributed by atoms with van der Waals surface area (Å²) in [6, 6.07) is 20.4. The molecule has 1 amide bonds. The highest BCUT2D eigenvalue weighted by molar-refractivity contribution is 7.92. The van der Waals surface area contributed by atoms with Crippen molar-refractivity contribution in [2.45, 2.75) is 11.8 Å². The number of carbonyl (C=O) groups excluding carboxylic acids is 1. The maximum Gasteiger partial charge on any atom is 0.264 e. The van der Waals surface area contributed by atoms with Gasteiger partial charge in [-0.05, 0) is 54.4 Å². The summed E-state index contributed by atoms with van der Waals surface area (Å²) in [7, 11) is -0.132. The zero-order valence-corrected chi connectivity index (χ0v) is 20.1. The normalized spacial score (nSPS) is 11.4. The van der Waals surface area contributed by atoms with E-state index in [9.17, 15) is 13.2 Å². The zero-order chi connectivity index (χ0) is 24.0. The summed E-state index contributed by atoms with van der Waals surface area (Å²) in [5.74, 6) is -0.588. The number of benzene rings is 3. The van der Waals surface area contributed by atoms with Crippen LogP contribution in [0.2, 0.25) is 5.02 Å². The van der Waals surface area contributed by atoms with Crippen molar-refractivity contribution in [1.29, 1.82) is 0 Å². The third-order valence-electron chi connectivity index (χ3n) is 4.87. The van der Waals surface area contributed by atoms with Crippen molar-refractivity contribution < 1.29 is 13.2 Å². The van der Waals surface area contributed by atoms with Crippen LogP contribution in [0, 0.1) is 6.92 Å². The van der Waals surface area contributed by atoms with Crippen LogP contribution in [0.4, 0.5) is 11.4 Å². The van der Waals surface area contributed by atoms with Crippen LogP contribution in [-0.4, -0.2) is 41.2 Å². The molecule has 7 nitrogen and oxygen atoms in total.